The minimum Gasteiger partial charge on any atom is -0.457 e. The van der Waals surface area contributed by atoms with Crippen molar-refractivity contribution in [2.24, 2.45) is 0 Å². The molecule has 1 atom stereocenters. The van der Waals surface area contributed by atoms with E-state index in [-0.39, 0.29) is 6.04 Å². The van der Waals surface area contributed by atoms with E-state index in [9.17, 15) is 0 Å². The summed E-state index contributed by atoms with van der Waals surface area (Å²) in [4.78, 5) is 11.3. The highest BCUT2D eigenvalue weighted by Crippen LogP contribution is 2.35. The first-order valence-electron chi connectivity index (χ1n) is 11.9. The second-order valence-electron chi connectivity index (χ2n) is 8.77. The lowest BCUT2D eigenvalue weighted by atomic mass is 10.0. The Hall–Kier alpha value is -4.39. The van der Waals surface area contributed by atoms with Crippen LogP contribution >= 0.6 is 0 Å². The Labute approximate surface area is 203 Å². The number of aromatic nitrogens is 4. The van der Waals surface area contributed by atoms with Gasteiger partial charge in [0.1, 0.15) is 29.3 Å². The fraction of sp³-hybridized carbons (Fsp3) is 0.179. The molecular formula is C28H26N6O. The summed E-state index contributed by atoms with van der Waals surface area (Å²) >= 11 is 0. The predicted molar refractivity (Wildman–Crippen MR) is 139 cm³/mol. The number of ether oxygens (including phenoxy) is 1. The molecule has 3 heterocycles. The van der Waals surface area contributed by atoms with Crippen LogP contribution in [0.3, 0.4) is 0 Å². The molecule has 0 amide bonds. The average Bonchev–Trinajstić information content (AvgIpc) is 3.31. The van der Waals surface area contributed by atoms with Gasteiger partial charge in [-0.2, -0.15) is 5.10 Å². The largest absolute Gasteiger partial charge is 0.457 e. The van der Waals surface area contributed by atoms with E-state index in [1.807, 2.05) is 65.3 Å². The third-order valence-corrected chi connectivity index (χ3v) is 6.49. The van der Waals surface area contributed by atoms with Crippen molar-refractivity contribution in [3.05, 3.63) is 91.3 Å². The van der Waals surface area contributed by atoms with Crippen LogP contribution in [0.25, 0.3) is 22.3 Å². The van der Waals surface area contributed by atoms with Crippen LogP contribution < -0.4 is 15.4 Å². The molecule has 3 aromatic carbocycles. The Balaban J connectivity index is 1.34. The third kappa shape index (κ3) is 4.17. The lowest BCUT2D eigenvalue weighted by Crippen LogP contribution is -2.37. The van der Waals surface area contributed by atoms with Gasteiger partial charge < -0.3 is 15.4 Å². The van der Waals surface area contributed by atoms with Crippen LogP contribution in [0.5, 0.6) is 11.5 Å². The molecule has 0 saturated carbocycles. The summed E-state index contributed by atoms with van der Waals surface area (Å²) < 4.78 is 8.00. The fourth-order valence-corrected chi connectivity index (χ4v) is 4.79. The number of fused-ring (bicyclic) bond motifs is 1. The topological polar surface area (TPSA) is 82.1 Å². The van der Waals surface area contributed by atoms with Gasteiger partial charge in [-0.25, -0.2) is 14.6 Å². The first-order chi connectivity index (χ1) is 17.3. The van der Waals surface area contributed by atoms with E-state index in [0.717, 1.165) is 59.7 Å². The summed E-state index contributed by atoms with van der Waals surface area (Å²) in [6, 6.07) is 28.4. The van der Waals surface area contributed by atoms with Crippen LogP contribution in [0.15, 0.2) is 91.3 Å². The smallest absolute Gasteiger partial charge is 0.164 e. The summed E-state index contributed by atoms with van der Waals surface area (Å²) in [5.41, 5.74) is 10.1. The number of rotatable bonds is 5. The molecule has 0 bridgehead atoms. The lowest BCUT2D eigenvalue weighted by molar-refractivity contribution is 0.384. The molecule has 2 aromatic heterocycles. The van der Waals surface area contributed by atoms with Gasteiger partial charge in [0.05, 0.1) is 11.4 Å². The van der Waals surface area contributed by atoms with Gasteiger partial charge in [-0.1, -0.05) is 36.4 Å². The van der Waals surface area contributed by atoms with Crippen molar-refractivity contribution in [1.82, 2.24) is 19.7 Å². The maximum atomic E-state index is 6.35. The van der Waals surface area contributed by atoms with E-state index in [1.165, 1.54) is 12.0 Å². The molecule has 5 aromatic rings. The van der Waals surface area contributed by atoms with E-state index in [0.29, 0.717) is 5.82 Å². The van der Waals surface area contributed by atoms with Crippen molar-refractivity contribution >= 4 is 22.5 Å². The Morgan fingerprint density at radius 2 is 1.54 bits per heavy atom. The molecular weight excluding hydrogens is 436 g/mol. The van der Waals surface area contributed by atoms with Crippen LogP contribution in [-0.4, -0.2) is 32.8 Å². The van der Waals surface area contributed by atoms with E-state index in [2.05, 4.69) is 39.1 Å². The molecule has 0 unspecified atom stereocenters. The molecule has 1 aliphatic rings. The summed E-state index contributed by atoms with van der Waals surface area (Å²) in [6.07, 6.45) is 3.64. The zero-order valence-electron chi connectivity index (χ0n) is 19.3. The van der Waals surface area contributed by atoms with Gasteiger partial charge in [-0.3, -0.25) is 0 Å². The maximum Gasteiger partial charge on any atom is 0.164 e. The van der Waals surface area contributed by atoms with Crippen molar-refractivity contribution in [3.8, 4) is 22.8 Å². The number of nitrogens with zero attached hydrogens (tertiary/aromatic N) is 5. The van der Waals surface area contributed by atoms with Crippen LogP contribution in [0, 0.1) is 0 Å². The minimum absolute atomic E-state index is 0.190. The molecule has 1 aliphatic heterocycles. The SMILES string of the molecule is Nc1ncnc2c1c(-c1ccc(Oc3ccccc3)cc1)nn2[C@@H]1CCCN(c2ccccc2)C1. The molecule has 35 heavy (non-hydrogen) atoms. The number of anilines is 2. The molecule has 174 valence electrons. The van der Waals surface area contributed by atoms with Gasteiger partial charge in [0, 0.05) is 24.3 Å². The average molecular weight is 463 g/mol. The minimum atomic E-state index is 0.190. The number of hydrogen-bond acceptors (Lipinski definition) is 6. The van der Waals surface area contributed by atoms with Gasteiger partial charge in [-0.15, -0.1) is 0 Å². The zero-order chi connectivity index (χ0) is 23.6. The van der Waals surface area contributed by atoms with E-state index in [4.69, 9.17) is 15.6 Å². The molecule has 0 spiro atoms. The highest BCUT2D eigenvalue weighted by Gasteiger charge is 2.26. The highest BCUT2D eigenvalue weighted by atomic mass is 16.5. The second kappa shape index (κ2) is 9.10. The maximum absolute atomic E-state index is 6.35. The lowest BCUT2D eigenvalue weighted by Gasteiger charge is -2.34. The zero-order valence-corrected chi connectivity index (χ0v) is 19.3. The Kier molecular flexibility index (Phi) is 5.50. The molecule has 7 heteroatoms. The Bertz CT molecular complexity index is 1430. The van der Waals surface area contributed by atoms with Crippen LogP contribution in [0.1, 0.15) is 18.9 Å². The first kappa shape index (κ1) is 21.2. The van der Waals surface area contributed by atoms with E-state index in [1.54, 1.807) is 0 Å². The van der Waals surface area contributed by atoms with Crippen molar-refractivity contribution < 1.29 is 4.74 Å². The van der Waals surface area contributed by atoms with Crippen LogP contribution in [0.4, 0.5) is 11.5 Å². The van der Waals surface area contributed by atoms with Gasteiger partial charge in [-0.05, 0) is 61.4 Å². The molecule has 2 N–H and O–H groups in total. The molecule has 0 radical (unpaired) electrons. The molecule has 7 nitrogen and oxygen atoms in total. The summed E-state index contributed by atoms with van der Waals surface area (Å²) in [5.74, 6) is 2.00. The van der Waals surface area contributed by atoms with E-state index < -0.39 is 0 Å². The Morgan fingerprint density at radius 1 is 0.829 bits per heavy atom. The number of para-hydroxylation sites is 2. The summed E-state index contributed by atoms with van der Waals surface area (Å²) in [5, 5.41) is 5.85. The highest BCUT2D eigenvalue weighted by molar-refractivity contribution is 5.98. The van der Waals surface area contributed by atoms with Gasteiger partial charge >= 0.3 is 0 Å². The fourth-order valence-electron chi connectivity index (χ4n) is 4.79. The number of hydrogen-bond donors (Lipinski definition) is 1. The predicted octanol–water partition coefficient (Wildman–Crippen LogP) is 5.71. The van der Waals surface area contributed by atoms with Gasteiger partial charge in [0.15, 0.2) is 5.65 Å². The number of piperidine rings is 1. The monoisotopic (exact) mass is 462 g/mol. The number of benzene rings is 3. The Morgan fingerprint density at radius 3 is 2.31 bits per heavy atom. The molecule has 6 rings (SSSR count). The normalized spacial score (nSPS) is 15.9. The van der Waals surface area contributed by atoms with E-state index >= 15 is 0 Å². The third-order valence-electron chi connectivity index (χ3n) is 6.49. The van der Waals surface area contributed by atoms with Crippen molar-refractivity contribution in [3.63, 3.8) is 0 Å². The van der Waals surface area contributed by atoms with Crippen molar-refractivity contribution in [2.45, 2.75) is 18.9 Å². The number of nitrogen functional groups attached to an aromatic ring is 1. The van der Waals surface area contributed by atoms with Gasteiger partial charge in [0.25, 0.3) is 0 Å². The number of nitrogens with two attached hydrogens (primary N) is 1. The standard InChI is InChI=1S/C28H26N6O/c29-27-25-26(20-13-15-24(16-14-20)35-23-11-5-2-6-12-23)32-34(28(25)31-19-30-27)22-10-7-17-33(18-22)21-8-3-1-4-9-21/h1-6,8-9,11-16,19,22H,7,10,17-18H2,(H2,29,30,31)/t22-/m1/s1. The van der Waals surface area contributed by atoms with Crippen LogP contribution in [-0.2, 0) is 0 Å². The molecule has 1 saturated heterocycles. The quantitative estimate of drug-likeness (QED) is 0.360. The van der Waals surface area contributed by atoms with Crippen molar-refractivity contribution in [1.29, 1.82) is 0 Å². The first-order valence-corrected chi connectivity index (χ1v) is 11.9. The van der Waals surface area contributed by atoms with Crippen molar-refractivity contribution in [2.75, 3.05) is 23.7 Å². The molecule has 0 aliphatic carbocycles. The molecule has 1 fully saturated rings. The summed E-state index contributed by atoms with van der Waals surface area (Å²) in [7, 11) is 0. The van der Waals surface area contributed by atoms with Crippen LogP contribution in [0.2, 0.25) is 0 Å². The summed E-state index contributed by atoms with van der Waals surface area (Å²) in [6.45, 7) is 1.90. The second-order valence-corrected chi connectivity index (χ2v) is 8.77. The van der Waals surface area contributed by atoms with Gasteiger partial charge in [0.2, 0.25) is 0 Å².